The molecule has 1 aromatic heterocycles. The first-order valence-corrected chi connectivity index (χ1v) is 9.59. The number of amides is 1. The van der Waals surface area contributed by atoms with Gasteiger partial charge in [-0.05, 0) is 12.1 Å². The fraction of sp³-hybridized carbons (Fsp3) is 0.333. The van der Waals surface area contributed by atoms with Gasteiger partial charge in [0.05, 0.1) is 18.8 Å². The number of aromatic nitrogens is 1. The molecule has 8 nitrogen and oxygen atoms in total. The molecule has 1 amide bonds. The molecule has 1 unspecified atom stereocenters. The van der Waals surface area contributed by atoms with Crippen LogP contribution in [0.15, 0.2) is 23.2 Å². The van der Waals surface area contributed by atoms with E-state index in [1.807, 2.05) is 4.90 Å². The van der Waals surface area contributed by atoms with Gasteiger partial charge >= 0.3 is 0 Å². The molecule has 1 saturated heterocycles. The van der Waals surface area contributed by atoms with Gasteiger partial charge in [0.2, 0.25) is 0 Å². The largest absolute Gasteiger partial charge is 0.389 e. The molecule has 29 heavy (non-hydrogen) atoms. The zero-order valence-corrected chi connectivity index (χ0v) is 16.4. The van der Waals surface area contributed by atoms with E-state index < -0.39 is 23.6 Å². The van der Waals surface area contributed by atoms with Gasteiger partial charge in [-0.25, -0.2) is 13.8 Å². The van der Waals surface area contributed by atoms with Gasteiger partial charge in [0, 0.05) is 26.4 Å². The van der Waals surface area contributed by atoms with Crippen molar-refractivity contribution >= 4 is 34.3 Å². The van der Waals surface area contributed by atoms with Gasteiger partial charge in [-0.1, -0.05) is 17.4 Å². The first kappa shape index (κ1) is 20.8. The Labute approximate surface area is 169 Å². The highest BCUT2D eigenvalue weighted by Crippen LogP contribution is 2.33. The molecule has 0 aliphatic carbocycles. The second-order valence-electron chi connectivity index (χ2n) is 6.13. The number of amidine groups is 1. The van der Waals surface area contributed by atoms with Gasteiger partial charge < -0.3 is 26.1 Å². The number of anilines is 1. The average Bonchev–Trinajstić information content (AvgIpc) is 3.09. The van der Waals surface area contributed by atoms with Crippen LogP contribution in [0.4, 0.5) is 13.8 Å². The van der Waals surface area contributed by atoms with E-state index in [4.69, 9.17) is 15.9 Å². The number of halogens is 2. The number of hydrogen-bond acceptors (Lipinski definition) is 7. The Morgan fingerprint density at radius 1 is 1.41 bits per heavy atom. The number of benzene rings is 1. The van der Waals surface area contributed by atoms with Crippen LogP contribution < -0.4 is 11.1 Å². The Morgan fingerprint density at radius 2 is 2.07 bits per heavy atom. The molecule has 3 rings (SSSR count). The average molecular weight is 422 g/mol. The molecular weight excluding hydrogens is 402 g/mol. The molecule has 2 aromatic rings. The summed E-state index contributed by atoms with van der Waals surface area (Å²) in [7, 11) is 1.57. The summed E-state index contributed by atoms with van der Waals surface area (Å²) in [5.74, 6) is -1.75. The van der Waals surface area contributed by atoms with Gasteiger partial charge in [-0.15, -0.1) is 0 Å². The number of nitrogens with zero attached hydrogens (tertiary/aromatic N) is 3. The number of nitrogens with two attached hydrogens (primary N) is 1. The predicted octanol–water partition coefficient (Wildman–Crippen LogP) is 1.78. The zero-order chi connectivity index (χ0) is 21.0. The number of carbonyl (C=O) groups excluding carboxylic acids is 1. The Hall–Kier alpha value is -2.92. The lowest BCUT2D eigenvalue weighted by Gasteiger charge is -2.32. The summed E-state index contributed by atoms with van der Waals surface area (Å²) in [5.41, 5.74) is 5.39. The van der Waals surface area contributed by atoms with Crippen molar-refractivity contribution in [3.8, 4) is 10.6 Å². The highest BCUT2D eigenvalue weighted by Gasteiger charge is 2.27. The highest BCUT2D eigenvalue weighted by atomic mass is 32.1. The number of nitrogen functional groups attached to an aromatic ring is 1. The second-order valence-corrected chi connectivity index (χ2v) is 7.16. The van der Waals surface area contributed by atoms with E-state index in [0.717, 1.165) is 29.7 Å². The third kappa shape index (κ3) is 4.40. The van der Waals surface area contributed by atoms with Crippen LogP contribution in [0.2, 0.25) is 0 Å². The molecule has 0 radical (unpaired) electrons. The van der Waals surface area contributed by atoms with Crippen molar-refractivity contribution in [3.05, 3.63) is 35.5 Å². The molecule has 154 valence electrons. The number of ether oxygens (including phenoxy) is 1. The summed E-state index contributed by atoms with van der Waals surface area (Å²) in [4.78, 5) is 22.9. The van der Waals surface area contributed by atoms with E-state index in [0.29, 0.717) is 32.1 Å². The Balaban J connectivity index is 1.83. The third-order valence-corrected chi connectivity index (χ3v) is 5.24. The minimum absolute atomic E-state index is 0.0187. The van der Waals surface area contributed by atoms with E-state index in [2.05, 4.69) is 15.3 Å². The molecule has 1 aromatic carbocycles. The number of thiazole rings is 1. The summed E-state index contributed by atoms with van der Waals surface area (Å²) >= 11 is 0.813. The van der Waals surface area contributed by atoms with Crippen molar-refractivity contribution in [2.24, 2.45) is 4.99 Å². The molecule has 0 spiro atoms. The van der Waals surface area contributed by atoms with Crippen molar-refractivity contribution in [2.45, 2.75) is 6.04 Å². The molecule has 4 N–H and O–H groups in total. The first-order chi connectivity index (χ1) is 14.0. The van der Waals surface area contributed by atoms with Crippen molar-refractivity contribution in [3.63, 3.8) is 0 Å². The first-order valence-electron chi connectivity index (χ1n) is 8.77. The number of morpholine rings is 1. The second kappa shape index (κ2) is 9.05. The van der Waals surface area contributed by atoms with E-state index in [-0.39, 0.29) is 21.3 Å². The fourth-order valence-electron chi connectivity index (χ4n) is 2.96. The Bertz CT molecular complexity index is 922. The molecule has 1 aliphatic heterocycles. The molecule has 1 aliphatic rings. The molecule has 1 fully saturated rings. The molecule has 0 bridgehead atoms. The maximum atomic E-state index is 14.0. The van der Waals surface area contributed by atoms with Gasteiger partial charge in [0.1, 0.15) is 33.5 Å². The summed E-state index contributed by atoms with van der Waals surface area (Å²) in [6, 6.07) is 2.64. The van der Waals surface area contributed by atoms with Crippen LogP contribution in [0, 0.1) is 17.0 Å². The van der Waals surface area contributed by atoms with Crippen LogP contribution in [-0.2, 0) is 4.74 Å². The monoisotopic (exact) mass is 422 g/mol. The van der Waals surface area contributed by atoms with Gasteiger partial charge in [-0.3, -0.25) is 9.79 Å². The van der Waals surface area contributed by atoms with Crippen molar-refractivity contribution < 1.29 is 18.3 Å². The molecule has 11 heteroatoms. The zero-order valence-electron chi connectivity index (χ0n) is 15.6. The van der Waals surface area contributed by atoms with Crippen molar-refractivity contribution in [1.29, 1.82) is 5.41 Å². The van der Waals surface area contributed by atoms with Crippen molar-refractivity contribution in [2.75, 3.05) is 39.1 Å². The molecule has 0 saturated carbocycles. The van der Waals surface area contributed by atoms with Crippen LogP contribution in [0.25, 0.3) is 10.6 Å². The minimum atomic E-state index is -0.805. The number of nitrogens with one attached hydrogen (secondary N) is 2. The number of rotatable bonds is 5. The van der Waals surface area contributed by atoms with E-state index in [1.54, 1.807) is 7.05 Å². The third-order valence-electron chi connectivity index (χ3n) is 4.34. The summed E-state index contributed by atoms with van der Waals surface area (Å²) in [6.07, 6.45) is 1.05. The van der Waals surface area contributed by atoms with Crippen molar-refractivity contribution in [1.82, 2.24) is 15.2 Å². The lowest BCUT2D eigenvalue weighted by Crippen LogP contribution is -2.52. The maximum Gasteiger partial charge on any atom is 0.273 e. The molecule has 2 heterocycles. The topological polar surface area (TPSA) is 117 Å². The number of carbonyl (C=O) groups is 1. The minimum Gasteiger partial charge on any atom is -0.389 e. The smallest absolute Gasteiger partial charge is 0.273 e. The highest BCUT2D eigenvalue weighted by molar-refractivity contribution is 7.19. The SMILES string of the molecule is CN=C(C(C=N)NC(=O)c1nc(-c2c(F)cccc2F)sc1N)N1CCOCC1. The molecule has 1 atom stereocenters. The quantitative estimate of drug-likeness (QED) is 0.502. The predicted molar refractivity (Wildman–Crippen MR) is 108 cm³/mol. The Kier molecular flexibility index (Phi) is 6.49. The standard InChI is InChI=1S/C18H20F2N6O2S/c1-23-16(26-5-7-28-8-6-26)12(9-21)24-17(27)14-15(22)29-18(25-14)13-10(19)3-2-4-11(13)20/h2-4,9,12,21H,5-8,22H2,1H3,(H,24,27). The van der Waals surface area contributed by atoms with Crippen LogP contribution >= 0.6 is 11.3 Å². The van der Waals surface area contributed by atoms with Crippen LogP contribution in [-0.4, -0.2) is 67.2 Å². The van der Waals surface area contributed by atoms with Crippen LogP contribution in [0.5, 0.6) is 0 Å². The van der Waals surface area contributed by atoms with Gasteiger partial charge in [0.15, 0.2) is 5.69 Å². The van der Waals surface area contributed by atoms with Gasteiger partial charge in [-0.2, -0.15) is 0 Å². The summed E-state index contributed by atoms with van der Waals surface area (Å²) in [6.45, 7) is 2.22. The Morgan fingerprint density at radius 3 is 2.66 bits per heavy atom. The summed E-state index contributed by atoms with van der Waals surface area (Å²) in [5, 5.41) is 10.3. The summed E-state index contributed by atoms with van der Waals surface area (Å²) < 4.78 is 33.4. The maximum absolute atomic E-state index is 14.0. The normalized spacial score (nSPS) is 15.8. The van der Waals surface area contributed by atoms with E-state index in [9.17, 15) is 13.6 Å². The van der Waals surface area contributed by atoms with E-state index in [1.165, 1.54) is 6.07 Å². The lowest BCUT2D eigenvalue weighted by atomic mass is 10.2. The van der Waals surface area contributed by atoms with E-state index >= 15 is 0 Å². The lowest BCUT2D eigenvalue weighted by molar-refractivity contribution is 0.0667. The van der Waals surface area contributed by atoms with Crippen LogP contribution in [0.3, 0.4) is 0 Å². The van der Waals surface area contributed by atoms with Crippen LogP contribution in [0.1, 0.15) is 10.5 Å². The number of hydrogen-bond donors (Lipinski definition) is 3. The fourth-order valence-corrected chi connectivity index (χ4v) is 3.84. The van der Waals surface area contributed by atoms with Gasteiger partial charge in [0.25, 0.3) is 5.91 Å². The number of aliphatic imine (C=N–C) groups is 1. The molecular formula is C18H20F2N6O2S.